The molecule has 1 atom stereocenters. The number of hydrogen-bond acceptors (Lipinski definition) is 7. The van der Waals surface area contributed by atoms with E-state index in [1.54, 1.807) is 17.0 Å². The summed E-state index contributed by atoms with van der Waals surface area (Å²) in [6.07, 6.45) is 0.783. The van der Waals surface area contributed by atoms with Crippen LogP contribution in [0.3, 0.4) is 0 Å². The van der Waals surface area contributed by atoms with E-state index < -0.39 is 17.7 Å². The lowest BCUT2D eigenvalue weighted by atomic mass is 9.95. The summed E-state index contributed by atoms with van der Waals surface area (Å²) in [6.45, 7) is 8.37. The average Bonchev–Trinajstić information content (AvgIpc) is 3.43. The Morgan fingerprint density at radius 2 is 1.91 bits per heavy atom. The molecule has 176 valence electrons. The second-order valence-corrected chi connectivity index (χ2v) is 9.46. The summed E-state index contributed by atoms with van der Waals surface area (Å²) in [5, 5.41) is 12.6. The number of nitrogens with zero attached hydrogens (tertiary/aromatic N) is 2. The smallest absolute Gasteiger partial charge is 0.290 e. The number of amides is 1. The van der Waals surface area contributed by atoms with Gasteiger partial charge in [-0.1, -0.05) is 18.2 Å². The van der Waals surface area contributed by atoms with Crippen LogP contribution in [0.1, 0.15) is 41.5 Å². The van der Waals surface area contributed by atoms with E-state index >= 15 is 0 Å². The van der Waals surface area contributed by atoms with E-state index in [1.807, 2.05) is 43.5 Å². The number of hydrogen-bond donors (Lipinski definition) is 1. The van der Waals surface area contributed by atoms with Gasteiger partial charge in [-0.15, -0.1) is 11.3 Å². The van der Waals surface area contributed by atoms with Crippen LogP contribution in [0.4, 0.5) is 0 Å². The third kappa shape index (κ3) is 5.29. The first-order valence-electron chi connectivity index (χ1n) is 11.3. The van der Waals surface area contributed by atoms with Crippen LogP contribution in [-0.4, -0.2) is 72.1 Å². The minimum Gasteiger partial charge on any atom is -0.503 e. The molecule has 2 aliphatic heterocycles. The normalized spacial score (nSPS) is 19.5. The molecule has 1 fully saturated rings. The van der Waals surface area contributed by atoms with E-state index in [0.717, 1.165) is 50.6 Å². The highest BCUT2D eigenvalue weighted by atomic mass is 32.1. The molecule has 2 aromatic rings. The minimum atomic E-state index is -0.634. The lowest BCUT2D eigenvalue weighted by molar-refractivity contribution is -0.129. The van der Waals surface area contributed by atoms with E-state index in [1.165, 1.54) is 11.3 Å². The number of thiophene rings is 1. The van der Waals surface area contributed by atoms with Gasteiger partial charge >= 0.3 is 0 Å². The van der Waals surface area contributed by atoms with Crippen LogP contribution in [0.2, 0.25) is 0 Å². The molecule has 1 amide bonds. The minimum absolute atomic E-state index is 0.0421. The molecule has 0 unspecified atom stereocenters. The fourth-order valence-electron chi connectivity index (χ4n) is 4.29. The molecule has 1 aromatic carbocycles. The highest BCUT2D eigenvalue weighted by molar-refractivity contribution is 7.12. The summed E-state index contributed by atoms with van der Waals surface area (Å²) in [5.74, 6) is -0.535. The molecule has 1 N–H and O–H groups in total. The van der Waals surface area contributed by atoms with Crippen LogP contribution in [-0.2, 0) is 9.53 Å². The molecule has 1 saturated heterocycles. The first kappa shape index (κ1) is 23.5. The fourth-order valence-corrected chi connectivity index (χ4v) is 4.97. The van der Waals surface area contributed by atoms with Crippen molar-refractivity contribution in [1.29, 1.82) is 0 Å². The van der Waals surface area contributed by atoms with Gasteiger partial charge in [-0.05, 0) is 49.4 Å². The largest absolute Gasteiger partial charge is 0.503 e. The Morgan fingerprint density at radius 3 is 2.55 bits per heavy atom. The average molecular weight is 471 g/mol. The summed E-state index contributed by atoms with van der Waals surface area (Å²) in [4.78, 5) is 30.8. The number of carbonyl (C=O) groups excluding carboxylic acids is 2. The van der Waals surface area contributed by atoms with Crippen molar-refractivity contribution < 1.29 is 24.2 Å². The molecule has 3 heterocycles. The van der Waals surface area contributed by atoms with E-state index in [-0.39, 0.29) is 17.5 Å². The number of ketones is 1. The van der Waals surface area contributed by atoms with Crippen molar-refractivity contribution >= 4 is 23.0 Å². The number of ether oxygens (including phenoxy) is 2. The van der Waals surface area contributed by atoms with Crippen molar-refractivity contribution in [3.63, 3.8) is 0 Å². The molecule has 0 bridgehead atoms. The molecule has 4 rings (SSSR count). The zero-order chi connectivity index (χ0) is 23.4. The maximum Gasteiger partial charge on any atom is 0.290 e. The van der Waals surface area contributed by atoms with Gasteiger partial charge in [0.05, 0.1) is 35.8 Å². The van der Waals surface area contributed by atoms with Crippen LogP contribution in [0.5, 0.6) is 5.75 Å². The molecular formula is C25H30N2O5S. The Kier molecular flexibility index (Phi) is 7.47. The van der Waals surface area contributed by atoms with E-state index in [2.05, 4.69) is 4.90 Å². The monoisotopic (exact) mass is 470 g/mol. The first-order valence-corrected chi connectivity index (χ1v) is 12.2. The molecule has 2 aliphatic rings. The van der Waals surface area contributed by atoms with Gasteiger partial charge in [-0.3, -0.25) is 14.5 Å². The van der Waals surface area contributed by atoms with Gasteiger partial charge in [0, 0.05) is 26.2 Å². The van der Waals surface area contributed by atoms with Crippen molar-refractivity contribution in [3.05, 3.63) is 63.6 Å². The molecule has 33 heavy (non-hydrogen) atoms. The molecule has 0 aliphatic carbocycles. The second-order valence-electron chi connectivity index (χ2n) is 8.51. The third-order valence-corrected chi connectivity index (χ3v) is 6.71. The number of aliphatic hydroxyl groups excluding tert-OH is 1. The topological polar surface area (TPSA) is 79.3 Å². The highest BCUT2D eigenvalue weighted by Gasteiger charge is 2.43. The Hall–Kier alpha value is -2.68. The van der Waals surface area contributed by atoms with Gasteiger partial charge in [0.1, 0.15) is 5.75 Å². The van der Waals surface area contributed by atoms with E-state index in [9.17, 15) is 14.7 Å². The summed E-state index contributed by atoms with van der Waals surface area (Å²) in [7, 11) is 0. The second kappa shape index (κ2) is 10.5. The van der Waals surface area contributed by atoms with Crippen molar-refractivity contribution in [2.24, 2.45) is 0 Å². The quantitative estimate of drug-likeness (QED) is 0.561. The first-order chi connectivity index (χ1) is 16.0. The zero-order valence-electron chi connectivity index (χ0n) is 19.0. The summed E-state index contributed by atoms with van der Waals surface area (Å²) in [5.41, 5.74) is 0.918. The number of Topliss-reactive ketones (excluding diaryl/α,β-unsaturated/α-hetero) is 1. The van der Waals surface area contributed by atoms with Crippen molar-refractivity contribution in [1.82, 2.24) is 9.80 Å². The van der Waals surface area contributed by atoms with Gasteiger partial charge in [-0.2, -0.15) is 0 Å². The summed E-state index contributed by atoms with van der Waals surface area (Å²) >= 11 is 1.30. The summed E-state index contributed by atoms with van der Waals surface area (Å²) in [6, 6.07) is 10.3. The Balaban J connectivity index is 1.59. The third-order valence-electron chi connectivity index (χ3n) is 5.84. The summed E-state index contributed by atoms with van der Waals surface area (Å²) < 4.78 is 11.1. The molecule has 0 radical (unpaired) electrons. The molecule has 1 aromatic heterocycles. The number of aliphatic hydroxyl groups is 1. The molecule has 7 nitrogen and oxygen atoms in total. The number of benzene rings is 1. The SMILES string of the molecule is CC(C)Oc1ccc([C@H]2C(C(=O)c3cccs3)=C(O)C(=O)N2CCCN2CCOCC2)cc1. The lowest BCUT2D eigenvalue weighted by Gasteiger charge is -2.30. The van der Waals surface area contributed by atoms with Crippen LogP contribution in [0, 0.1) is 0 Å². The standard InChI is InChI=1S/C25H30N2O5S/c1-17(2)32-19-8-6-18(7-9-19)22-21(23(28)20-5-3-16-33-20)24(29)25(30)27(22)11-4-10-26-12-14-31-15-13-26/h3,5-9,16-17,22,29H,4,10-15H2,1-2H3/t22-/m0/s1. The predicted octanol–water partition coefficient (Wildman–Crippen LogP) is 3.84. The Labute approximate surface area is 198 Å². The molecule has 8 heteroatoms. The van der Waals surface area contributed by atoms with Crippen molar-refractivity contribution in [2.45, 2.75) is 32.4 Å². The van der Waals surface area contributed by atoms with Gasteiger partial charge in [0.15, 0.2) is 5.76 Å². The number of morpholine rings is 1. The maximum atomic E-state index is 13.3. The van der Waals surface area contributed by atoms with E-state index in [4.69, 9.17) is 9.47 Å². The highest BCUT2D eigenvalue weighted by Crippen LogP contribution is 2.40. The predicted molar refractivity (Wildman–Crippen MR) is 127 cm³/mol. The fraction of sp³-hybridized carbons (Fsp3) is 0.440. The van der Waals surface area contributed by atoms with Gasteiger partial charge < -0.3 is 19.5 Å². The molecular weight excluding hydrogens is 440 g/mol. The van der Waals surface area contributed by atoms with Crippen LogP contribution in [0.15, 0.2) is 53.1 Å². The van der Waals surface area contributed by atoms with Crippen LogP contribution in [0.25, 0.3) is 0 Å². The zero-order valence-corrected chi connectivity index (χ0v) is 19.8. The Morgan fingerprint density at radius 1 is 1.18 bits per heavy atom. The van der Waals surface area contributed by atoms with Crippen LogP contribution >= 0.6 is 11.3 Å². The lowest BCUT2D eigenvalue weighted by Crippen LogP contribution is -2.39. The van der Waals surface area contributed by atoms with Gasteiger partial charge in [-0.25, -0.2) is 0 Å². The number of rotatable bonds is 9. The maximum absolute atomic E-state index is 13.3. The van der Waals surface area contributed by atoms with Crippen molar-refractivity contribution in [2.75, 3.05) is 39.4 Å². The van der Waals surface area contributed by atoms with Crippen LogP contribution < -0.4 is 4.74 Å². The van der Waals surface area contributed by atoms with Gasteiger partial charge in [0.2, 0.25) is 5.78 Å². The number of carbonyl (C=O) groups is 2. The van der Waals surface area contributed by atoms with Crippen molar-refractivity contribution in [3.8, 4) is 5.75 Å². The van der Waals surface area contributed by atoms with E-state index in [0.29, 0.717) is 11.4 Å². The Bertz CT molecular complexity index is 994. The molecule has 0 spiro atoms. The van der Waals surface area contributed by atoms with Gasteiger partial charge in [0.25, 0.3) is 5.91 Å². The molecule has 0 saturated carbocycles.